The van der Waals surface area contributed by atoms with Crippen LogP contribution in [0.25, 0.3) is 0 Å². The molecule has 1 unspecified atom stereocenters. The summed E-state index contributed by atoms with van der Waals surface area (Å²) in [4.78, 5) is 2.53. The van der Waals surface area contributed by atoms with Gasteiger partial charge in [0.15, 0.2) is 0 Å². The van der Waals surface area contributed by atoms with Crippen molar-refractivity contribution in [2.45, 2.75) is 31.6 Å². The Labute approximate surface area is 145 Å². The highest BCUT2D eigenvalue weighted by Crippen LogP contribution is 2.39. The molecule has 0 bridgehead atoms. The average molecular weight is 318 g/mol. The third kappa shape index (κ3) is 3.23. The predicted octanol–water partition coefficient (Wildman–Crippen LogP) is 4.62. The quantitative estimate of drug-likeness (QED) is 0.804. The van der Waals surface area contributed by atoms with Crippen molar-refractivity contribution in [1.29, 1.82) is 5.26 Å². The lowest BCUT2D eigenvalue weighted by Gasteiger charge is -2.38. The number of hydrogen-bond donors (Lipinski definition) is 0. The lowest BCUT2D eigenvalue weighted by Crippen LogP contribution is -2.42. The predicted molar refractivity (Wildman–Crippen MR) is 98.7 cm³/mol. The SMILES string of the molecule is CC(CN1CCCCC1)C(C#N)(c1ccccc1)c1ccccc1. The minimum Gasteiger partial charge on any atom is -0.303 e. The van der Waals surface area contributed by atoms with E-state index >= 15 is 0 Å². The van der Waals surface area contributed by atoms with Gasteiger partial charge in [0.1, 0.15) is 5.41 Å². The van der Waals surface area contributed by atoms with Crippen LogP contribution in [0.3, 0.4) is 0 Å². The molecule has 1 heterocycles. The topological polar surface area (TPSA) is 27.0 Å². The molecule has 24 heavy (non-hydrogen) atoms. The van der Waals surface area contributed by atoms with Gasteiger partial charge in [-0.1, -0.05) is 74.0 Å². The van der Waals surface area contributed by atoms with Crippen molar-refractivity contribution in [2.24, 2.45) is 5.92 Å². The summed E-state index contributed by atoms with van der Waals surface area (Å²) >= 11 is 0. The summed E-state index contributed by atoms with van der Waals surface area (Å²) < 4.78 is 0. The summed E-state index contributed by atoms with van der Waals surface area (Å²) in [5.41, 5.74) is 1.60. The Balaban J connectivity index is 1.99. The number of rotatable bonds is 5. The summed E-state index contributed by atoms with van der Waals surface area (Å²) in [6.07, 6.45) is 3.90. The van der Waals surface area contributed by atoms with E-state index in [1.807, 2.05) is 36.4 Å². The Morgan fingerprint density at radius 1 is 0.917 bits per heavy atom. The summed E-state index contributed by atoms with van der Waals surface area (Å²) in [5.74, 6) is 0.227. The Hall–Kier alpha value is -2.11. The molecular weight excluding hydrogens is 292 g/mol. The molecule has 0 aliphatic carbocycles. The second-order valence-corrected chi connectivity index (χ2v) is 6.91. The molecule has 0 N–H and O–H groups in total. The molecule has 1 fully saturated rings. The Bertz CT molecular complexity index is 627. The van der Waals surface area contributed by atoms with Crippen LogP contribution in [-0.4, -0.2) is 24.5 Å². The van der Waals surface area contributed by atoms with Gasteiger partial charge >= 0.3 is 0 Å². The first-order valence-corrected chi connectivity index (χ1v) is 9.02. The number of piperidine rings is 1. The van der Waals surface area contributed by atoms with Crippen LogP contribution in [0.5, 0.6) is 0 Å². The minimum atomic E-state index is -0.597. The van der Waals surface area contributed by atoms with Gasteiger partial charge in [-0.15, -0.1) is 0 Å². The summed E-state index contributed by atoms with van der Waals surface area (Å²) in [7, 11) is 0. The maximum atomic E-state index is 10.3. The summed E-state index contributed by atoms with van der Waals surface area (Å²) in [6.45, 7) is 5.53. The third-order valence-electron chi connectivity index (χ3n) is 5.35. The first-order chi connectivity index (χ1) is 11.8. The first kappa shape index (κ1) is 16.7. The number of likely N-dealkylation sites (tertiary alicyclic amines) is 1. The zero-order chi connectivity index (χ0) is 16.8. The van der Waals surface area contributed by atoms with Crippen LogP contribution in [0, 0.1) is 17.2 Å². The zero-order valence-electron chi connectivity index (χ0n) is 14.5. The van der Waals surface area contributed by atoms with Crippen molar-refractivity contribution in [3.8, 4) is 6.07 Å². The second-order valence-electron chi connectivity index (χ2n) is 6.91. The van der Waals surface area contributed by atoms with E-state index in [0.29, 0.717) is 0 Å². The van der Waals surface area contributed by atoms with Crippen molar-refractivity contribution in [2.75, 3.05) is 19.6 Å². The van der Waals surface area contributed by atoms with Gasteiger partial charge in [-0.2, -0.15) is 5.26 Å². The fraction of sp³-hybridized carbons (Fsp3) is 0.409. The van der Waals surface area contributed by atoms with Crippen LogP contribution in [0.4, 0.5) is 0 Å². The maximum Gasteiger partial charge on any atom is 0.111 e. The molecule has 0 spiro atoms. The zero-order valence-corrected chi connectivity index (χ0v) is 14.5. The van der Waals surface area contributed by atoms with Gasteiger partial charge < -0.3 is 4.90 Å². The van der Waals surface area contributed by atoms with Crippen molar-refractivity contribution in [3.05, 3.63) is 71.8 Å². The highest BCUT2D eigenvalue weighted by molar-refractivity contribution is 5.46. The summed E-state index contributed by atoms with van der Waals surface area (Å²) in [6, 6.07) is 23.3. The summed E-state index contributed by atoms with van der Waals surface area (Å²) in [5, 5.41) is 10.3. The number of hydrogen-bond acceptors (Lipinski definition) is 2. The van der Waals surface area contributed by atoms with Crippen LogP contribution in [-0.2, 0) is 5.41 Å². The molecule has 124 valence electrons. The lowest BCUT2D eigenvalue weighted by molar-refractivity contribution is 0.182. The molecule has 2 nitrogen and oxygen atoms in total. The molecule has 0 radical (unpaired) electrons. The molecule has 1 aliphatic heterocycles. The number of nitrogens with zero attached hydrogens (tertiary/aromatic N) is 2. The minimum absolute atomic E-state index is 0.227. The standard InChI is InChI=1S/C22H26N2/c1-19(17-24-15-9-4-10-16-24)22(18-23,20-11-5-2-6-12-20)21-13-7-3-8-14-21/h2-3,5-8,11-14,19H,4,9-10,15-17H2,1H3. The molecule has 2 aromatic carbocycles. The van der Waals surface area contributed by atoms with Crippen LogP contribution in [0.15, 0.2) is 60.7 Å². The number of nitriles is 1. The Kier molecular flexibility index (Phi) is 5.33. The van der Waals surface area contributed by atoms with E-state index in [2.05, 4.69) is 42.2 Å². The maximum absolute atomic E-state index is 10.3. The van der Waals surface area contributed by atoms with E-state index in [1.165, 1.54) is 19.3 Å². The van der Waals surface area contributed by atoms with E-state index in [4.69, 9.17) is 0 Å². The fourth-order valence-electron chi connectivity index (χ4n) is 4.04. The molecule has 0 aromatic heterocycles. The Morgan fingerprint density at radius 2 is 1.42 bits per heavy atom. The van der Waals surface area contributed by atoms with Gasteiger partial charge in [-0.05, 0) is 43.0 Å². The molecule has 2 aromatic rings. The van der Waals surface area contributed by atoms with Crippen molar-refractivity contribution in [1.82, 2.24) is 4.90 Å². The molecule has 0 amide bonds. The van der Waals surface area contributed by atoms with E-state index in [1.54, 1.807) is 0 Å². The van der Waals surface area contributed by atoms with E-state index in [0.717, 1.165) is 30.8 Å². The van der Waals surface area contributed by atoms with E-state index in [-0.39, 0.29) is 5.92 Å². The van der Waals surface area contributed by atoms with Crippen molar-refractivity contribution < 1.29 is 0 Å². The third-order valence-corrected chi connectivity index (χ3v) is 5.35. The second kappa shape index (κ2) is 7.64. The van der Waals surface area contributed by atoms with Crippen LogP contribution < -0.4 is 0 Å². The highest BCUT2D eigenvalue weighted by Gasteiger charge is 2.40. The van der Waals surface area contributed by atoms with Crippen molar-refractivity contribution >= 4 is 0 Å². The lowest BCUT2D eigenvalue weighted by atomic mass is 9.67. The molecule has 1 saturated heterocycles. The van der Waals surface area contributed by atoms with Crippen LogP contribution in [0.2, 0.25) is 0 Å². The van der Waals surface area contributed by atoms with Gasteiger partial charge in [-0.25, -0.2) is 0 Å². The monoisotopic (exact) mass is 318 g/mol. The van der Waals surface area contributed by atoms with Gasteiger partial charge in [0.25, 0.3) is 0 Å². The fourth-order valence-corrected chi connectivity index (χ4v) is 4.04. The van der Waals surface area contributed by atoms with E-state index in [9.17, 15) is 5.26 Å². The number of benzene rings is 2. The average Bonchev–Trinajstić information content (AvgIpc) is 2.65. The van der Waals surface area contributed by atoms with Gasteiger partial charge in [0, 0.05) is 6.54 Å². The highest BCUT2D eigenvalue weighted by atomic mass is 15.1. The van der Waals surface area contributed by atoms with Gasteiger partial charge in [0.2, 0.25) is 0 Å². The van der Waals surface area contributed by atoms with Crippen molar-refractivity contribution in [3.63, 3.8) is 0 Å². The van der Waals surface area contributed by atoms with Gasteiger partial charge in [0.05, 0.1) is 6.07 Å². The smallest absolute Gasteiger partial charge is 0.111 e. The molecule has 3 rings (SSSR count). The Morgan fingerprint density at radius 3 is 1.88 bits per heavy atom. The van der Waals surface area contributed by atoms with Crippen LogP contribution in [0.1, 0.15) is 37.3 Å². The normalized spacial score (nSPS) is 17.2. The molecule has 1 aliphatic rings. The van der Waals surface area contributed by atoms with E-state index < -0.39 is 5.41 Å². The van der Waals surface area contributed by atoms with Crippen LogP contribution >= 0.6 is 0 Å². The molecular formula is C22H26N2. The van der Waals surface area contributed by atoms with Gasteiger partial charge in [-0.3, -0.25) is 0 Å². The molecule has 1 atom stereocenters. The first-order valence-electron chi connectivity index (χ1n) is 9.02. The largest absolute Gasteiger partial charge is 0.303 e. The molecule has 2 heteroatoms. The molecule has 0 saturated carbocycles.